The Morgan fingerprint density at radius 3 is 2.65 bits per heavy atom. The Labute approximate surface area is 145 Å². The van der Waals surface area contributed by atoms with Crippen molar-refractivity contribution in [3.05, 3.63) is 55.5 Å². The van der Waals surface area contributed by atoms with Gasteiger partial charge in [-0.15, -0.1) is 11.3 Å². The summed E-state index contributed by atoms with van der Waals surface area (Å²) in [4.78, 5) is 26.5. The molecular weight excluding hydrogens is 378 g/mol. The van der Waals surface area contributed by atoms with Crippen molar-refractivity contribution in [1.82, 2.24) is 14.0 Å². The third kappa shape index (κ3) is 3.11. The summed E-state index contributed by atoms with van der Waals surface area (Å²) >= 11 is 5.01. The number of thiophene rings is 1. The normalized spacial score (nSPS) is 11.1. The molecule has 0 aliphatic rings. The smallest absolute Gasteiger partial charge is 0.329 e. The number of aryl methyl sites for hydroxylation is 1. The number of likely N-dealkylation sites (N-methyl/N-ethyl adjacent to an activating group) is 1. The highest BCUT2D eigenvalue weighted by Gasteiger charge is 2.16. The summed E-state index contributed by atoms with van der Waals surface area (Å²) in [7, 11) is 3.47. The number of carbonyl (C=O) groups is 1. The van der Waals surface area contributed by atoms with Gasteiger partial charge in [0, 0.05) is 20.6 Å². The van der Waals surface area contributed by atoms with Crippen LogP contribution >= 0.6 is 27.3 Å². The molecule has 0 atom stereocenters. The highest BCUT2D eigenvalue weighted by molar-refractivity contribution is 9.11. The minimum atomic E-state index is -0.175. The summed E-state index contributed by atoms with van der Waals surface area (Å²) in [5.41, 5.74) is 2.50. The number of amides is 1. The van der Waals surface area contributed by atoms with Gasteiger partial charge in [-0.05, 0) is 45.1 Å². The van der Waals surface area contributed by atoms with Crippen LogP contribution < -0.4 is 5.69 Å². The van der Waals surface area contributed by atoms with Crippen LogP contribution in [0.4, 0.5) is 0 Å². The Hall–Kier alpha value is -1.86. The lowest BCUT2D eigenvalue weighted by molar-refractivity contribution is -0.131. The summed E-state index contributed by atoms with van der Waals surface area (Å²) in [6.07, 6.45) is 0. The van der Waals surface area contributed by atoms with E-state index < -0.39 is 0 Å². The second-order valence-corrected chi connectivity index (χ2v) is 7.72. The highest BCUT2D eigenvalue weighted by atomic mass is 79.9. The molecule has 7 heteroatoms. The van der Waals surface area contributed by atoms with Crippen molar-refractivity contribution in [2.24, 2.45) is 7.05 Å². The maximum absolute atomic E-state index is 12.5. The minimum absolute atomic E-state index is 0.0436. The molecule has 0 bridgehead atoms. The fourth-order valence-corrected chi connectivity index (χ4v) is 3.76. The van der Waals surface area contributed by atoms with Crippen molar-refractivity contribution in [3.8, 4) is 0 Å². The molecule has 0 unspecified atom stereocenters. The highest BCUT2D eigenvalue weighted by Crippen LogP contribution is 2.21. The van der Waals surface area contributed by atoms with Crippen LogP contribution in [-0.2, 0) is 24.9 Å². The van der Waals surface area contributed by atoms with Crippen LogP contribution in [0.25, 0.3) is 11.0 Å². The van der Waals surface area contributed by atoms with Crippen molar-refractivity contribution in [1.29, 1.82) is 0 Å². The molecule has 0 aliphatic heterocycles. The first-order chi connectivity index (χ1) is 11.0. The number of para-hydroxylation sites is 2. The van der Waals surface area contributed by atoms with Gasteiger partial charge in [-0.2, -0.15) is 0 Å². The molecule has 0 saturated heterocycles. The number of aromatic nitrogens is 2. The number of carbonyl (C=O) groups excluding carboxylic acids is 1. The lowest BCUT2D eigenvalue weighted by atomic mass is 10.3. The largest absolute Gasteiger partial charge is 0.340 e. The van der Waals surface area contributed by atoms with Gasteiger partial charge >= 0.3 is 5.69 Å². The molecule has 1 aromatic carbocycles. The number of hydrogen-bond acceptors (Lipinski definition) is 3. The van der Waals surface area contributed by atoms with E-state index in [-0.39, 0.29) is 18.1 Å². The number of fused-ring (bicyclic) bond motifs is 1. The van der Waals surface area contributed by atoms with Crippen LogP contribution in [0.3, 0.4) is 0 Å². The standard InChI is InChI=1S/C16H16BrN3O2S/c1-18(8-11-7-14(17)23-10-11)15(21)9-20-13-6-4-3-5-12(13)19(2)16(20)22/h3-7,10H,8-9H2,1-2H3. The van der Waals surface area contributed by atoms with Crippen LogP contribution in [0.15, 0.2) is 44.3 Å². The van der Waals surface area contributed by atoms with E-state index in [0.717, 1.165) is 20.4 Å². The molecule has 0 radical (unpaired) electrons. The molecule has 0 saturated carbocycles. The Kier molecular flexibility index (Phi) is 4.41. The first-order valence-corrected chi connectivity index (χ1v) is 8.76. The molecule has 2 heterocycles. The van der Waals surface area contributed by atoms with E-state index in [1.165, 1.54) is 4.57 Å². The van der Waals surface area contributed by atoms with Crippen molar-refractivity contribution in [2.45, 2.75) is 13.1 Å². The number of halogens is 1. The third-order valence-corrected chi connectivity index (χ3v) is 5.37. The number of rotatable bonds is 4. The first-order valence-electron chi connectivity index (χ1n) is 7.08. The Morgan fingerprint density at radius 1 is 1.30 bits per heavy atom. The molecule has 0 N–H and O–H groups in total. The summed E-state index contributed by atoms with van der Waals surface area (Å²) in [6.45, 7) is 0.572. The van der Waals surface area contributed by atoms with E-state index in [0.29, 0.717) is 6.54 Å². The van der Waals surface area contributed by atoms with Gasteiger partial charge in [-0.1, -0.05) is 12.1 Å². The zero-order valence-corrected chi connectivity index (χ0v) is 15.2. The fourth-order valence-electron chi connectivity index (χ4n) is 2.56. The average Bonchev–Trinajstić information content (AvgIpc) is 3.04. The van der Waals surface area contributed by atoms with Crippen molar-refractivity contribution >= 4 is 44.2 Å². The van der Waals surface area contributed by atoms with Crippen molar-refractivity contribution < 1.29 is 4.79 Å². The van der Waals surface area contributed by atoms with Gasteiger partial charge < -0.3 is 4.90 Å². The number of hydrogen-bond donors (Lipinski definition) is 0. The Balaban J connectivity index is 1.83. The summed E-state index contributed by atoms with van der Waals surface area (Å²) < 4.78 is 4.13. The molecule has 1 amide bonds. The van der Waals surface area contributed by atoms with Gasteiger partial charge in [-0.3, -0.25) is 13.9 Å². The van der Waals surface area contributed by atoms with E-state index in [9.17, 15) is 9.59 Å². The van der Waals surface area contributed by atoms with Crippen LogP contribution in [-0.4, -0.2) is 27.0 Å². The molecule has 5 nitrogen and oxygen atoms in total. The van der Waals surface area contributed by atoms with Gasteiger partial charge in [0.2, 0.25) is 5.91 Å². The summed E-state index contributed by atoms with van der Waals surface area (Å²) in [6, 6.07) is 9.49. The quantitative estimate of drug-likeness (QED) is 0.683. The second kappa shape index (κ2) is 6.33. The predicted molar refractivity (Wildman–Crippen MR) is 95.7 cm³/mol. The maximum atomic E-state index is 12.5. The van der Waals surface area contributed by atoms with Crippen LogP contribution in [0.1, 0.15) is 5.56 Å². The van der Waals surface area contributed by atoms with E-state index in [4.69, 9.17) is 0 Å². The molecule has 0 aliphatic carbocycles. The maximum Gasteiger partial charge on any atom is 0.329 e. The molecule has 120 valence electrons. The molecule has 3 rings (SSSR count). The summed E-state index contributed by atoms with van der Waals surface area (Å²) in [5, 5.41) is 2.01. The predicted octanol–water partition coefficient (Wildman–Crippen LogP) is 2.82. The molecular formula is C16H16BrN3O2S. The minimum Gasteiger partial charge on any atom is -0.340 e. The SMILES string of the molecule is CN(Cc1csc(Br)c1)C(=O)Cn1c(=O)n(C)c2ccccc21. The summed E-state index contributed by atoms with van der Waals surface area (Å²) in [5.74, 6) is -0.0919. The molecule has 3 aromatic rings. The van der Waals surface area contributed by atoms with E-state index >= 15 is 0 Å². The van der Waals surface area contributed by atoms with E-state index in [1.54, 1.807) is 34.9 Å². The van der Waals surface area contributed by atoms with Crippen LogP contribution in [0, 0.1) is 0 Å². The second-order valence-electron chi connectivity index (χ2n) is 5.43. The lowest BCUT2D eigenvalue weighted by Gasteiger charge is -2.16. The molecule has 23 heavy (non-hydrogen) atoms. The Bertz CT molecular complexity index is 925. The number of benzene rings is 1. The monoisotopic (exact) mass is 393 g/mol. The lowest BCUT2D eigenvalue weighted by Crippen LogP contribution is -2.33. The van der Waals surface area contributed by atoms with Crippen molar-refractivity contribution in [3.63, 3.8) is 0 Å². The zero-order valence-electron chi connectivity index (χ0n) is 12.8. The number of imidazole rings is 1. The van der Waals surface area contributed by atoms with Crippen molar-refractivity contribution in [2.75, 3.05) is 7.05 Å². The Morgan fingerprint density at radius 2 is 2.00 bits per heavy atom. The van der Waals surface area contributed by atoms with E-state index in [2.05, 4.69) is 15.9 Å². The van der Waals surface area contributed by atoms with Gasteiger partial charge in [0.25, 0.3) is 0 Å². The van der Waals surface area contributed by atoms with E-state index in [1.807, 2.05) is 35.7 Å². The first kappa shape index (κ1) is 16.0. The van der Waals surface area contributed by atoms with Gasteiger partial charge in [0.05, 0.1) is 14.8 Å². The van der Waals surface area contributed by atoms with Crippen LogP contribution in [0.2, 0.25) is 0 Å². The number of nitrogens with zero attached hydrogens (tertiary/aromatic N) is 3. The van der Waals surface area contributed by atoms with Gasteiger partial charge in [-0.25, -0.2) is 4.79 Å². The fraction of sp³-hybridized carbons (Fsp3) is 0.250. The van der Waals surface area contributed by atoms with Gasteiger partial charge in [0.15, 0.2) is 0 Å². The van der Waals surface area contributed by atoms with Crippen LogP contribution in [0.5, 0.6) is 0 Å². The molecule has 0 fully saturated rings. The van der Waals surface area contributed by atoms with Gasteiger partial charge in [0.1, 0.15) is 6.54 Å². The molecule has 2 aromatic heterocycles. The average molecular weight is 394 g/mol. The zero-order chi connectivity index (χ0) is 16.6. The third-order valence-electron chi connectivity index (χ3n) is 3.81. The topological polar surface area (TPSA) is 47.2 Å². The molecule has 0 spiro atoms.